The predicted molar refractivity (Wildman–Crippen MR) is 76.0 cm³/mol. The number of hydrogen-bond donors (Lipinski definition) is 1. The number of piperidine rings is 1. The van der Waals surface area contributed by atoms with Crippen molar-refractivity contribution < 1.29 is 8.78 Å². The van der Waals surface area contributed by atoms with E-state index in [0.717, 1.165) is 25.5 Å². The summed E-state index contributed by atoms with van der Waals surface area (Å²) < 4.78 is 27.7. The van der Waals surface area contributed by atoms with E-state index in [1.165, 1.54) is 25.7 Å². The topological polar surface area (TPSA) is 28.2 Å². The number of aromatic nitrogens is 1. The third-order valence-electron chi connectivity index (χ3n) is 4.66. The summed E-state index contributed by atoms with van der Waals surface area (Å²) in [6, 6.07) is 1.32. The minimum absolute atomic E-state index is 0.124. The number of rotatable bonds is 2. The number of nitrogens with one attached hydrogen (secondary N) is 1. The molecule has 0 radical (unpaired) electrons. The molecular weight excluding hydrogens is 260 g/mol. The summed E-state index contributed by atoms with van der Waals surface area (Å²) in [7, 11) is 1.60. The lowest BCUT2D eigenvalue weighted by molar-refractivity contribution is 0.241. The monoisotopic (exact) mass is 281 g/mol. The highest BCUT2D eigenvalue weighted by atomic mass is 19.1. The van der Waals surface area contributed by atoms with Crippen LogP contribution < -0.4 is 10.2 Å². The summed E-state index contributed by atoms with van der Waals surface area (Å²) >= 11 is 0. The summed E-state index contributed by atoms with van der Waals surface area (Å²) in [5.74, 6) is -0.104. The highest BCUT2D eigenvalue weighted by Crippen LogP contribution is 2.38. The van der Waals surface area contributed by atoms with Gasteiger partial charge in [0.05, 0.1) is 0 Å². The zero-order valence-corrected chi connectivity index (χ0v) is 11.8. The van der Waals surface area contributed by atoms with Gasteiger partial charge in [0, 0.05) is 25.7 Å². The van der Waals surface area contributed by atoms with Crippen LogP contribution in [-0.2, 0) is 0 Å². The van der Waals surface area contributed by atoms with Crippen molar-refractivity contribution in [2.75, 3.05) is 23.8 Å². The average molecular weight is 281 g/mol. The van der Waals surface area contributed by atoms with Crippen molar-refractivity contribution in [2.24, 2.45) is 5.92 Å². The Balaban J connectivity index is 1.94. The van der Waals surface area contributed by atoms with Crippen LogP contribution in [0.2, 0.25) is 0 Å². The molecule has 20 heavy (non-hydrogen) atoms. The van der Waals surface area contributed by atoms with E-state index in [0.29, 0.717) is 17.8 Å². The lowest BCUT2D eigenvalue weighted by atomic mass is 9.78. The largest absolute Gasteiger partial charge is 0.371 e. The molecule has 2 heterocycles. The fraction of sp³-hybridized carbons (Fsp3) is 0.667. The number of fused-ring (bicyclic) bond motifs is 1. The Morgan fingerprint density at radius 1 is 1.15 bits per heavy atom. The van der Waals surface area contributed by atoms with Gasteiger partial charge in [-0.25, -0.2) is 13.8 Å². The zero-order chi connectivity index (χ0) is 14.1. The van der Waals surface area contributed by atoms with Gasteiger partial charge in [0.15, 0.2) is 23.3 Å². The van der Waals surface area contributed by atoms with Crippen molar-refractivity contribution in [3.63, 3.8) is 0 Å². The van der Waals surface area contributed by atoms with Crippen molar-refractivity contribution in [3.05, 3.63) is 17.7 Å². The molecule has 2 aliphatic rings. The molecule has 2 atom stereocenters. The predicted octanol–water partition coefficient (Wildman–Crippen LogP) is 3.56. The average Bonchev–Trinajstić information content (AvgIpc) is 2.47. The zero-order valence-electron chi connectivity index (χ0n) is 11.8. The Kier molecular flexibility index (Phi) is 3.76. The van der Waals surface area contributed by atoms with E-state index in [2.05, 4.69) is 15.2 Å². The van der Waals surface area contributed by atoms with E-state index in [1.54, 1.807) is 7.05 Å². The van der Waals surface area contributed by atoms with Gasteiger partial charge in [-0.3, -0.25) is 0 Å². The third-order valence-corrected chi connectivity index (χ3v) is 4.66. The number of nitrogens with zero attached hydrogens (tertiary/aromatic N) is 2. The van der Waals surface area contributed by atoms with Crippen molar-refractivity contribution in [2.45, 2.75) is 44.6 Å². The van der Waals surface area contributed by atoms with Crippen LogP contribution in [0.25, 0.3) is 0 Å². The summed E-state index contributed by atoms with van der Waals surface area (Å²) in [6.07, 6.45) is 7.08. The van der Waals surface area contributed by atoms with Crippen molar-refractivity contribution in [1.29, 1.82) is 0 Å². The second-order valence-corrected chi connectivity index (χ2v) is 5.82. The minimum atomic E-state index is -0.633. The van der Waals surface area contributed by atoms with E-state index < -0.39 is 11.6 Å². The number of halogens is 2. The van der Waals surface area contributed by atoms with Gasteiger partial charge in [0.2, 0.25) is 0 Å². The SMILES string of the molecule is CNc1nc(N2CCC[C@H]3CCCC[C@H]32)c(F)cc1F. The molecule has 1 aromatic heterocycles. The Bertz CT molecular complexity index is 490. The van der Waals surface area contributed by atoms with Crippen molar-refractivity contribution >= 4 is 11.6 Å². The molecule has 0 amide bonds. The molecule has 3 rings (SSSR count). The van der Waals surface area contributed by atoms with E-state index in [9.17, 15) is 8.78 Å². The fourth-order valence-corrected chi connectivity index (χ4v) is 3.72. The molecule has 1 saturated carbocycles. The van der Waals surface area contributed by atoms with Crippen molar-refractivity contribution in [3.8, 4) is 0 Å². The Hall–Kier alpha value is -1.39. The molecule has 110 valence electrons. The molecule has 1 N–H and O–H groups in total. The van der Waals surface area contributed by atoms with Crippen LogP contribution in [0.15, 0.2) is 6.07 Å². The Morgan fingerprint density at radius 3 is 2.70 bits per heavy atom. The van der Waals surface area contributed by atoms with Gasteiger partial charge in [-0.05, 0) is 31.6 Å². The standard InChI is InChI=1S/C15H21F2N3/c1-18-14-11(16)9-12(17)15(19-14)20-8-4-6-10-5-2-3-7-13(10)20/h9-10,13H,2-8H2,1H3,(H,18,19)/t10-,13-/m1/s1. The van der Waals surface area contributed by atoms with Gasteiger partial charge in [0.25, 0.3) is 0 Å². The first kappa shape index (κ1) is 13.6. The van der Waals surface area contributed by atoms with Crippen LogP contribution in [0, 0.1) is 17.6 Å². The molecule has 0 unspecified atom stereocenters. The molecule has 3 nitrogen and oxygen atoms in total. The summed E-state index contributed by atoms with van der Waals surface area (Å²) in [6.45, 7) is 0.819. The number of hydrogen-bond acceptors (Lipinski definition) is 3. The first-order valence-corrected chi connectivity index (χ1v) is 7.51. The van der Waals surface area contributed by atoms with E-state index >= 15 is 0 Å². The van der Waals surface area contributed by atoms with E-state index in [1.807, 2.05) is 0 Å². The molecule has 1 aliphatic carbocycles. The van der Waals surface area contributed by atoms with E-state index in [4.69, 9.17) is 0 Å². The molecule has 0 aromatic carbocycles. The normalized spacial score (nSPS) is 26.2. The van der Waals surface area contributed by atoms with Crippen LogP contribution in [0.1, 0.15) is 38.5 Å². The van der Waals surface area contributed by atoms with Crippen LogP contribution in [0.3, 0.4) is 0 Å². The molecule has 1 aliphatic heterocycles. The summed E-state index contributed by atoms with van der Waals surface area (Å²) in [5, 5.41) is 2.69. The quantitative estimate of drug-likeness (QED) is 0.898. The van der Waals surface area contributed by atoms with Gasteiger partial charge in [-0.1, -0.05) is 12.8 Å². The lowest BCUT2D eigenvalue weighted by Crippen LogP contribution is -2.47. The molecule has 1 saturated heterocycles. The smallest absolute Gasteiger partial charge is 0.168 e. The molecule has 0 bridgehead atoms. The van der Waals surface area contributed by atoms with Crippen LogP contribution in [0.4, 0.5) is 20.4 Å². The maximum Gasteiger partial charge on any atom is 0.168 e. The second-order valence-electron chi connectivity index (χ2n) is 5.82. The molecule has 1 aromatic rings. The number of pyridine rings is 1. The van der Waals surface area contributed by atoms with Gasteiger partial charge < -0.3 is 10.2 Å². The second kappa shape index (κ2) is 5.54. The summed E-state index contributed by atoms with van der Waals surface area (Å²) in [5.41, 5.74) is 0. The van der Waals surface area contributed by atoms with Gasteiger partial charge >= 0.3 is 0 Å². The fourth-order valence-electron chi connectivity index (χ4n) is 3.72. The highest BCUT2D eigenvalue weighted by Gasteiger charge is 2.35. The highest BCUT2D eigenvalue weighted by molar-refractivity contribution is 5.50. The maximum absolute atomic E-state index is 14.1. The van der Waals surface area contributed by atoms with Crippen LogP contribution in [-0.4, -0.2) is 24.6 Å². The maximum atomic E-state index is 14.1. The van der Waals surface area contributed by atoms with Gasteiger partial charge in [-0.15, -0.1) is 0 Å². The molecule has 5 heteroatoms. The third kappa shape index (κ3) is 2.34. The minimum Gasteiger partial charge on any atom is -0.371 e. The lowest BCUT2D eigenvalue weighted by Gasteiger charge is -2.44. The van der Waals surface area contributed by atoms with E-state index in [-0.39, 0.29) is 5.82 Å². The first-order valence-electron chi connectivity index (χ1n) is 7.51. The number of anilines is 2. The van der Waals surface area contributed by atoms with Crippen LogP contribution >= 0.6 is 0 Å². The summed E-state index contributed by atoms with van der Waals surface area (Å²) in [4.78, 5) is 6.24. The molecular formula is C15H21F2N3. The Labute approximate surface area is 118 Å². The molecule has 2 fully saturated rings. The van der Waals surface area contributed by atoms with Gasteiger partial charge in [0.1, 0.15) is 0 Å². The van der Waals surface area contributed by atoms with Gasteiger partial charge in [-0.2, -0.15) is 0 Å². The first-order chi connectivity index (χ1) is 9.70. The Morgan fingerprint density at radius 2 is 1.90 bits per heavy atom. The molecule has 0 spiro atoms. The van der Waals surface area contributed by atoms with Crippen LogP contribution in [0.5, 0.6) is 0 Å². The van der Waals surface area contributed by atoms with Crippen molar-refractivity contribution in [1.82, 2.24) is 4.98 Å².